The standard InChI is InChI=1S/C6H14.C6H12.C5H13N.3C5H12.3B/c2*1-5-6(2,3)4;1-5(2,3)6-4;3*1-5(2,3)4;;;/h5H2,1-4H3;5H,1H2,2-4H3;6H,1-4H3;3*1-4H3;;;. The second kappa shape index (κ2) is 26.5. The molecule has 0 unspecified atom stereocenters. The average Bonchev–Trinajstić information content (AvgIpc) is 2.41. The monoisotopic (exact) mass is 507 g/mol. The molecule has 217 valence electrons. The quantitative estimate of drug-likeness (QED) is 0.255. The van der Waals surface area contributed by atoms with Crippen molar-refractivity contribution in [3.63, 3.8) is 0 Å². The Bertz CT molecular complexity index is 341. The van der Waals surface area contributed by atoms with Crippen molar-refractivity contribution >= 4 is 25.2 Å². The maximum absolute atomic E-state index is 3.63. The molecule has 0 aliphatic carbocycles. The lowest BCUT2D eigenvalue weighted by molar-refractivity contribution is 0.398. The maximum atomic E-state index is 3.63. The molecule has 0 saturated heterocycles. The van der Waals surface area contributed by atoms with Gasteiger partial charge in [0.15, 0.2) is 0 Å². The van der Waals surface area contributed by atoms with E-state index in [-0.39, 0.29) is 25.2 Å². The normalized spacial score (nSPS) is 10.9. The van der Waals surface area contributed by atoms with Crippen molar-refractivity contribution < 1.29 is 0 Å². The summed E-state index contributed by atoms with van der Waals surface area (Å²) in [4.78, 5) is 0. The highest BCUT2D eigenvalue weighted by atomic mass is 14.9. The van der Waals surface area contributed by atoms with Crippen LogP contribution in [0.1, 0.15) is 159 Å². The molecule has 9 radical (unpaired) electrons. The largest absolute Gasteiger partial charge is 0.315 e. The molecule has 0 aromatic heterocycles. The van der Waals surface area contributed by atoms with Gasteiger partial charge in [0.2, 0.25) is 0 Å². The molecule has 0 aromatic carbocycles. The van der Waals surface area contributed by atoms with E-state index in [2.05, 4.69) is 164 Å². The molecule has 0 rings (SSSR count). The SMILES string of the molecule is C=CC(C)(C)C.CC(C)(C)C.CC(C)(C)C.CC(C)(C)C.CCC(C)(C)C.CNC(C)(C)C.[B].[B].[B]. The molecule has 36 heavy (non-hydrogen) atoms. The number of hydrogen-bond acceptors (Lipinski definition) is 1. The fourth-order valence-corrected chi connectivity index (χ4v) is 0. The van der Waals surface area contributed by atoms with Gasteiger partial charge in [0.05, 0.1) is 0 Å². The van der Waals surface area contributed by atoms with E-state index in [1.165, 1.54) is 6.42 Å². The van der Waals surface area contributed by atoms with Crippen LogP contribution in [0.3, 0.4) is 0 Å². The first kappa shape index (κ1) is 60.4. The third-order valence-corrected chi connectivity index (χ3v) is 2.42. The van der Waals surface area contributed by atoms with Gasteiger partial charge in [0.25, 0.3) is 0 Å². The minimum Gasteiger partial charge on any atom is -0.315 e. The number of nitrogens with one attached hydrogen (secondary N) is 1. The van der Waals surface area contributed by atoms with E-state index >= 15 is 0 Å². The smallest absolute Gasteiger partial charge is 0.00935 e. The Hall–Kier alpha value is -0.105. The number of rotatable bonds is 0. The Morgan fingerprint density at radius 3 is 0.583 bits per heavy atom. The fraction of sp³-hybridized carbons (Fsp3) is 0.938. The van der Waals surface area contributed by atoms with Crippen molar-refractivity contribution in [1.82, 2.24) is 5.32 Å². The Labute approximate surface area is 241 Å². The van der Waals surface area contributed by atoms with Crippen molar-refractivity contribution in [3.8, 4) is 0 Å². The zero-order valence-electron chi connectivity index (χ0n) is 30.2. The van der Waals surface area contributed by atoms with E-state index in [1.54, 1.807) is 0 Å². The van der Waals surface area contributed by atoms with Gasteiger partial charge >= 0.3 is 0 Å². The van der Waals surface area contributed by atoms with Crippen LogP contribution in [0.15, 0.2) is 12.7 Å². The van der Waals surface area contributed by atoms with Crippen LogP contribution >= 0.6 is 0 Å². The summed E-state index contributed by atoms with van der Waals surface area (Å²) < 4.78 is 0. The van der Waals surface area contributed by atoms with Gasteiger partial charge in [0, 0.05) is 30.8 Å². The highest BCUT2D eigenvalue weighted by Crippen LogP contribution is 2.16. The minimum atomic E-state index is 0. The van der Waals surface area contributed by atoms with Crippen LogP contribution in [0.2, 0.25) is 0 Å². The summed E-state index contributed by atoms with van der Waals surface area (Å²) in [6.45, 7) is 51.6. The molecule has 0 spiro atoms. The number of hydrogen-bond donors (Lipinski definition) is 1. The summed E-state index contributed by atoms with van der Waals surface area (Å²) in [5.41, 5.74) is 2.64. The Morgan fingerprint density at radius 2 is 0.583 bits per heavy atom. The zero-order chi connectivity index (χ0) is 29.1. The molecule has 0 saturated carbocycles. The third kappa shape index (κ3) is 464. The van der Waals surface area contributed by atoms with Crippen LogP contribution in [-0.2, 0) is 0 Å². The van der Waals surface area contributed by atoms with Crippen molar-refractivity contribution in [2.24, 2.45) is 27.1 Å². The van der Waals surface area contributed by atoms with E-state index in [9.17, 15) is 0 Å². The van der Waals surface area contributed by atoms with E-state index in [0.717, 1.165) is 0 Å². The lowest BCUT2D eigenvalue weighted by atomic mass is 9.94. The van der Waals surface area contributed by atoms with Crippen molar-refractivity contribution in [3.05, 3.63) is 12.7 Å². The molecule has 0 fully saturated rings. The van der Waals surface area contributed by atoms with Gasteiger partial charge in [-0.3, -0.25) is 0 Å². The lowest BCUT2D eigenvalue weighted by Gasteiger charge is -2.15. The van der Waals surface area contributed by atoms with E-state index in [1.807, 2.05) is 13.1 Å². The summed E-state index contributed by atoms with van der Waals surface area (Å²) in [5, 5.41) is 3.10. The summed E-state index contributed by atoms with van der Waals surface area (Å²) in [5.74, 6) is 0. The summed E-state index contributed by atoms with van der Waals surface area (Å²) in [6.07, 6.45) is 3.21. The van der Waals surface area contributed by atoms with Gasteiger partial charge in [-0.1, -0.05) is 144 Å². The lowest BCUT2D eigenvalue weighted by Crippen LogP contribution is -2.31. The van der Waals surface area contributed by atoms with Gasteiger partial charge in [0.1, 0.15) is 0 Å². The predicted octanol–water partition coefficient (Wildman–Crippen LogP) is 10.7. The molecular formula is C32H75B3N. The van der Waals surface area contributed by atoms with Crippen LogP contribution < -0.4 is 5.32 Å². The molecule has 0 aromatic rings. The average molecular weight is 506 g/mol. The summed E-state index contributed by atoms with van der Waals surface area (Å²) >= 11 is 0. The van der Waals surface area contributed by atoms with Crippen LogP contribution in [0, 0.1) is 27.1 Å². The highest BCUT2D eigenvalue weighted by Gasteiger charge is 2.03. The summed E-state index contributed by atoms with van der Waals surface area (Å²) in [6, 6.07) is 0. The second-order valence-corrected chi connectivity index (χ2v) is 17.0. The Kier molecular flexibility index (Phi) is 44.5. The molecule has 0 amide bonds. The number of allylic oxidation sites excluding steroid dienone is 1. The van der Waals surface area contributed by atoms with Crippen LogP contribution in [-0.4, -0.2) is 37.8 Å². The van der Waals surface area contributed by atoms with Gasteiger partial charge in [-0.15, -0.1) is 6.58 Å². The van der Waals surface area contributed by atoms with Gasteiger partial charge < -0.3 is 5.32 Å². The Morgan fingerprint density at radius 1 is 0.500 bits per heavy atom. The molecule has 0 aliphatic heterocycles. The minimum absolute atomic E-state index is 0. The van der Waals surface area contributed by atoms with Crippen LogP contribution in [0.5, 0.6) is 0 Å². The molecule has 4 heteroatoms. The van der Waals surface area contributed by atoms with Crippen molar-refractivity contribution in [2.75, 3.05) is 7.05 Å². The zero-order valence-corrected chi connectivity index (χ0v) is 30.2. The van der Waals surface area contributed by atoms with Crippen molar-refractivity contribution in [2.45, 2.75) is 164 Å². The summed E-state index contributed by atoms with van der Waals surface area (Å²) in [7, 11) is 1.96. The topological polar surface area (TPSA) is 12.0 Å². The third-order valence-electron chi connectivity index (χ3n) is 2.42. The first-order valence-electron chi connectivity index (χ1n) is 13.0. The van der Waals surface area contributed by atoms with E-state index in [0.29, 0.717) is 32.6 Å². The molecule has 0 heterocycles. The van der Waals surface area contributed by atoms with Gasteiger partial charge in [-0.05, 0) is 54.9 Å². The van der Waals surface area contributed by atoms with Crippen molar-refractivity contribution in [1.29, 1.82) is 0 Å². The predicted molar refractivity (Wildman–Crippen MR) is 181 cm³/mol. The molecular weight excluding hydrogens is 431 g/mol. The fourth-order valence-electron chi connectivity index (χ4n) is 0. The molecule has 0 atom stereocenters. The first-order chi connectivity index (χ1) is 13.7. The maximum Gasteiger partial charge on any atom is 0.00935 e. The van der Waals surface area contributed by atoms with Gasteiger partial charge in [-0.25, -0.2) is 0 Å². The second-order valence-electron chi connectivity index (χ2n) is 17.0. The first-order valence-corrected chi connectivity index (χ1v) is 13.0. The Balaban J connectivity index is -0.0000000342. The van der Waals surface area contributed by atoms with E-state index < -0.39 is 0 Å². The van der Waals surface area contributed by atoms with E-state index in [4.69, 9.17) is 0 Å². The molecule has 1 nitrogen and oxygen atoms in total. The molecule has 0 aliphatic rings. The molecule has 1 N–H and O–H groups in total. The van der Waals surface area contributed by atoms with Crippen LogP contribution in [0.25, 0.3) is 0 Å². The highest BCUT2D eigenvalue weighted by molar-refractivity contribution is 5.76. The van der Waals surface area contributed by atoms with Gasteiger partial charge in [-0.2, -0.15) is 0 Å². The van der Waals surface area contributed by atoms with Crippen LogP contribution in [0.4, 0.5) is 0 Å². The molecule has 0 bridgehead atoms.